The fraction of sp³-hybridized carbons (Fsp3) is 0.350. The third kappa shape index (κ3) is 5.70. The molecular weight excluding hydrogens is 400 g/mol. The van der Waals surface area contributed by atoms with Gasteiger partial charge in [-0.25, -0.2) is 8.42 Å². The Hall–Kier alpha value is -2.09. The van der Waals surface area contributed by atoms with E-state index in [4.69, 9.17) is 16.3 Å². The summed E-state index contributed by atoms with van der Waals surface area (Å²) in [6.45, 7) is 4.88. The van der Waals surface area contributed by atoms with Crippen LogP contribution >= 0.6 is 11.6 Å². The van der Waals surface area contributed by atoms with Gasteiger partial charge < -0.3 is 10.1 Å². The number of carbonyl (C=O) groups is 1. The summed E-state index contributed by atoms with van der Waals surface area (Å²) in [7, 11) is -2.30. The first kappa shape index (κ1) is 22.2. The molecule has 2 rings (SSSR count). The molecule has 0 aromatic heterocycles. The zero-order chi connectivity index (χ0) is 20.7. The summed E-state index contributed by atoms with van der Waals surface area (Å²) < 4.78 is 32.1. The minimum absolute atomic E-state index is 0.143. The van der Waals surface area contributed by atoms with Crippen LogP contribution < -0.4 is 9.62 Å². The van der Waals surface area contributed by atoms with E-state index >= 15 is 0 Å². The Morgan fingerprint density at radius 1 is 1.18 bits per heavy atom. The van der Waals surface area contributed by atoms with Gasteiger partial charge in [0.25, 0.3) is 15.9 Å². The summed E-state index contributed by atoms with van der Waals surface area (Å²) in [5.74, 6) is -0.359. The second kappa shape index (κ2) is 9.91. The van der Waals surface area contributed by atoms with E-state index in [1.807, 2.05) is 13.8 Å². The van der Waals surface area contributed by atoms with Gasteiger partial charge in [0.15, 0.2) is 0 Å². The molecule has 1 amide bonds. The van der Waals surface area contributed by atoms with E-state index in [-0.39, 0.29) is 27.5 Å². The Morgan fingerprint density at radius 2 is 1.86 bits per heavy atom. The minimum atomic E-state index is -3.74. The zero-order valence-corrected chi connectivity index (χ0v) is 17.8. The van der Waals surface area contributed by atoms with Crippen LogP contribution in [0.2, 0.25) is 5.02 Å². The fourth-order valence-corrected chi connectivity index (χ4v) is 3.87. The van der Waals surface area contributed by atoms with Crippen LogP contribution in [0.5, 0.6) is 0 Å². The van der Waals surface area contributed by atoms with Crippen LogP contribution in [-0.2, 0) is 14.8 Å². The van der Waals surface area contributed by atoms with Gasteiger partial charge in [-0.15, -0.1) is 0 Å². The number of hydrogen-bond acceptors (Lipinski definition) is 4. The highest BCUT2D eigenvalue weighted by Crippen LogP contribution is 2.26. The summed E-state index contributed by atoms with van der Waals surface area (Å²) in [5, 5.41) is 3.03. The SMILES string of the molecule is CC(C)OCCCNC(=O)c1cc(N(C)S(=O)(=O)c2ccccc2)ccc1Cl. The lowest BCUT2D eigenvalue weighted by molar-refractivity contribution is 0.0757. The van der Waals surface area contributed by atoms with Crippen molar-refractivity contribution in [3.63, 3.8) is 0 Å². The number of sulfonamides is 1. The summed E-state index contributed by atoms with van der Waals surface area (Å²) >= 11 is 6.16. The molecule has 0 heterocycles. The molecule has 8 heteroatoms. The van der Waals surface area contributed by atoms with E-state index in [2.05, 4.69) is 5.32 Å². The van der Waals surface area contributed by atoms with Crippen molar-refractivity contribution in [2.45, 2.75) is 31.3 Å². The second-order valence-corrected chi connectivity index (χ2v) is 8.86. The highest BCUT2D eigenvalue weighted by atomic mass is 35.5. The lowest BCUT2D eigenvalue weighted by atomic mass is 10.2. The standard InChI is InChI=1S/C20H25ClN2O4S/c1-15(2)27-13-7-12-22-20(24)18-14-16(10-11-19(18)21)23(3)28(25,26)17-8-5-4-6-9-17/h4-6,8-11,14-15H,7,12-13H2,1-3H3,(H,22,24). The molecule has 0 saturated carbocycles. The fourth-order valence-electron chi connectivity index (χ4n) is 2.46. The summed E-state index contributed by atoms with van der Waals surface area (Å²) in [6.07, 6.45) is 0.813. The molecule has 0 aliphatic carbocycles. The average Bonchev–Trinajstić information content (AvgIpc) is 2.67. The molecule has 1 N–H and O–H groups in total. The van der Waals surface area contributed by atoms with Gasteiger partial charge >= 0.3 is 0 Å². The summed E-state index contributed by atoms with van der Waals surface area (Å²) in [5.41, 5.74) is 0.570. The molecule has 0 aliphatic rings. The molecule has 0 unspecified atom stereocenters. The number of carbonyl (C=O) groups excluding carboxylic acids is 1. The van der Waals surface area contributed by atoms with Gasteiger partial charge in [0.05, 0.1) is 27.3 Å². The second-order valence-electron chi connectivity index (χ2n) is 6.48. The third-order valence-corrected chi connectivity index (χ3v) is 6.15. The van der Waals surface area contributed by atoms with E-state index in [1.54, 1.807) is 24.3 Å². The van der Waals surface area contributed by atoms with Crippen LogP contribution in [0.3, 0.4) is 0 Å². The number of anilines is 1. The Bertz CT molecular complexity index is 902. The third-order valence-electron chi connectivity index (χ3n) is 4.02. The van der Waals surface area contributed by atoms with Crippen molar-refractivity contribution in [3.8, 4) is 0 Å². The Kier molecular flexibility index (Phi) is 7.86. The molecule has 0 saturated heterocycles. The van der Waals surface area contributed by atoms with Crippen LogP contribution in [0.25, 0.3) is 0 Å². The lowest BCUT2D eigenvalue weighted by Crippen LogP contribution is -2.28. The summed E-state index contributed by atoms with van der Waals surface area (Å²) in [4.78, 5) is 12.6. The van der Waals surface area contributed by atoms with Crippen molar-refractivity contribution in [2.24, 2.45) is 0 Å². The zero-order valence-electron chi connectivity index (χ0n) is 16.2. The quantitative estimate of drug-likeness (QED) is 0.622. The van der Waals surface area contributed by atoms with Gasteiger partial charge in [0, 0.05) is 20.2 Å². The maximum absolute atomic E-state index is 12.8. The van der Waals surface area contributed by atoms with Crippen molar-refractivity contribution >= 4 is 33.2 Å². The first-order valence-corrected chi connectivity index (χ1v) is 10.8. The number of ether oxygens (including phenoxy) is 1. The minimum Gasteiger partial charge on any atom is -0.379 e. The van der Waals surface area contributed by atoms with E-state index in [0.29, 0.717) is 25.3 Å². The van der Waals surface area contributed by atoms with Crippen LogP contribution in [0, 0.1) is 0 Å². The van der Waals surface area contributed by atoms with E-state index in [0.717, 1.165) is 4.31 Å². The maximum atomic E-state index is 12.8. The molecule has 2 aromatic carbocycles. The Labute approximate surface area is 171 Å². The molecule has 0 atom stereocenters. The predicted octanol–water partition coefficient (Wildman–Crippen LogP) is 3.71. The molecule has 0 spiro atoms. The van der Waals surface area contributed by atoms with Gasteiger partial charge in [0.2, 0.25) is 0 Å². The van der Waals surface area contributed by atoms with Crippen molar-refractivity contribution in [2.75, 3.05) is 24.5 Å². The smallest absolute Gasteiger partial charge is 0.264 e. The van der Waals surface area contributed by atoms with Gasteiger partial charge in [-0.2, -0.15) is 0 Å². The first-order chi connectivity index (χ1) is 13.2. The molecule has 0 radical (unpaired) electrons. The highest BCUT2D eigenvalue weighted by molar-refractivity contribution is 7.92. The average molecular weight is 425 g/mol. The van der Waals surface area contributed by atoms with Gasteiger partial charge in [-0.3, -0.25) is 9.10 Å². The van der Waals surface area contributed by atoms with Crippen molar-refractivity contribution in [1.29, 1.82) is 0 Å². The number of amides is 1. The van der Waals surface area contributed by atoms with Gasteiger partial charge in [-0.05, 0) is 50.6 Å². The number of nitrogens with zero attached hydrogens (tertiary/aromatic N) is 1. The van der Waals surface area contributed by atoms with E-state index in [1.165, 1.54) is 31.3 Å². The highest BCUT2D eigenvalue weighted by Gasteiger charge is 2.22. The molecule has 28 heavy (non-hydrogen) atoms. The number of benzene rings is 2. The largest absolute Gasteiger partial charge is 0.379 e. The lowest BCUT2D eigenvalue weighted by Gasteiger charge is -2.20. The summed E-state index contributed by atoms with van der Waals surface area (Å²) in [6, 6.07) is 12.7. The maximum Gasteiger partial charge on any atom is 0.264 e. The van der Waals surface area contributed by atoms with Crippen LogP contribution in [-0.4, -0.2) is 40.6 Å². The molecule has 0 fully saturated rings. The van der Waals surface area contributed by atoms with E-state index < -0.39 is 10.0 Å². The monoisotopic (exact) mass is 424 g/mol. The molecule has 0 aliphatic heterocycles. The van der Waals surface area contributed by atoms with Crippen LogP contribution in [0.15, 0.2) is 53.4 Å². The molecule has 0 bridgehead atoms. The molecule has 152 valence electrons. The number of hydrogen-bond donors (Lipinski definition) is 1. The number of nitrogens with one attached hydrogen (secondary N) is 1. The van der Waals surface area contributed by atoms with Gasteiger partial charge in [-0.1, -0.05) is 29.8 Å². The Balaban J connectivity index is 2.13. The molecular formula is C20H25ClN2O4S. The number of rotatable bonds is 9. The van der Waals surface area contributed by atoms with Crippen LogP contribution in [0.1, 0.15) is 30.6 Å². The van der Waals surface area contributed by atoms with Crippen molar-refractivity contribution in [1.82, 2.24) is 5.32 Å². The predicted molar refractivity (Wildman–Crippen MR) is 112 cm³/mol. The van der Waals surface area contributed by atoms with Gasteiger partial charge in [0.1, 0.15) is 0 Å². The Morgan fingerprint density at radius 3 is 2.50 bits per heavy atom. The van der Waals surface area contributed by atoms with E-state index in [9.17, 15) is 13.2 Å². The first-order valence-electron chi connectivity index (χ1n) is 8.97. The topological polar surface area (TPSA) is 75.7 Å². The van der Waals surface area contributed by atoms with Crippen molar-refractivity contribution in [3.05, 3.63) is 59.1 Å². The number of halogens is 1. The molecule has 6 nitrogen and oxygen atoms in total. The molecule has 2 aromatic rings. The van der Waals surface area contributed by atoms with Crippen LogP contribution in [0.4, 0.5) is 5.69 Å². The normalized spacial score (nSPS) is 11.5. The van der Waals surface area contributed by atoms with Crippen molar-refractivity contribution < 1.29 is 17.9 Å².